The van der Waals surface area contributed by atoms with Gasteiger partial charge >= 0.3 is 0 Å². The van der Waals surface area contributed by atoms with Crippen molar-refractivity contribution in [2.45, 2.75) is 26.3 Å². The van der Waals surface area contributed by atoms with Gasteiger partial charge in [0.05, 0.1) is 0 Å². The first-order valence-corrected chi connectivity index (χ1v) is 14.1. The Labute approximate surface area is 256 Å². The molecular weight excluding hydrogens is 562 g/mol. The molecule has 1 atom stereocenters. The molecule has 1 heterocycles. The van der Waals surface area contributed by atoms with Crippen LogP contribution in [0.15, 0.2) is 66.9 Å². The average molecular weight is 602 g/mol. The number of nitrogens with one attached hydrogen (secondary N) is 4. The Bertz CT molecular complexity index is 1510. The van der Waals surface area contributed by atoms with Crippen LogP contribution in [0.2, 0.25) is 0 Å². The largest absolute Gasteiger partial charge is 0.369 e. The van der Waals surface area contributed by atoms with Crippen molar-refractivity contribution in [1.82, 2.24) is 19.8 Å². The van der Waals surface area contributed by atoms with Crippen LogP contribution in [-0.4, -0.2) is 83.7 Å². The molecule has 0 saturated heterocycles. The summed E-state index contributed by atoms with van der Waals surface area (Å²) >= 11 is 0. The first kappa shape index (κ1) is 33.2. The molecule has 0 saturated carbocycles. The molecule has 0 aliphatic carbocycles. The lowest BCUT2D eigenvalue weighted by Gasteiger charge is -2.23. The van der Waals surface area contributed by atoms with Gasteiger partial charge < -0.3 is 36.8 Å². The van der Waals surface area contributed by atoms with Gasteiger partial charge in [-0.1, -0.05) is 19.1 Å². The maximum Gasteiger partial charge on any atom is 0.260 e. The van der Waals surface area contributed by atoms with Gasteiger partial charge in [0.1, 0.15) is 17.4 Å². The Hall–Kier alpha value is -5.30. The van der Waals surface area contributed by atoms with Crippen molar-refractivity contribution in [3.05, 3.63) is 78.0 Å². The summed E-state index contributed by atoms with van der Waals surface area (Å²) in [6, 6.07) is 12.5. The van der Waals surface area contributed by atoms with Crippen molar-refractivity contribution in [3.63, 3.8) is 0 Å². The van der Waals surface area contributed by atoms with E-state index in [1.807, 2.05) is 25.9 Å². The summed E-state index contributed by atoms with van der Waals surface area (Å²) in [4.78, 5) is 61.9. The van der Waals surface area contributed by atoms with E-state index in [1.165, 1.54) is 17.2 Å². The number of benzene rings is 2. The van der Waals surface area contributed by atoms with Crippen LogP contribution in [0.3, 0.4) is 0 Å². The van der Waals surface area contributed by atoms with Crippen molar-refractivity contribution in [2.75, 3.05) is 55.5 Å². The van der Waals surface area contributed by atoms with Crippen molar-refractivity contribution in [2.24, 2.45) is 5.73 Å². The second-order valence-corrected chi connectivity index (χ2v) is 10.3. The number of hydrogen-bond acceptors (Lipinski definition) is 9. The van der Waals surface area contributed by atoms with E-state index in [9.17, 15) is 19.2 Å². The van der Waals surface area contributed by atoms with E-state index in [2.05, 4.69) is 31.2 Å². The summed E-state index contributed by atoms with van der Waals surface area (Å²) in [7, 11) is 5.36. The highest BCUT2D eigenvalue weighted by atomic mass is 16.2. The molecule has 0 spiro atoms. The number of nitrogens with zero attached hydrogens (tertiary/aromatic N) is 4. The van der Waals surface area contributed by atoms with Crippen LogP contribution in [0, 0.1) is 0 Å². The Morgan fingerprint density at radius 3 is 2.30 bits per heavy atom. The fourth-order valence-electron chi connectivity index (χ4n) is 3.80. The number of anilines is 5. The number of likely N-dealkylation sites (N-methyl/N-ethyl adjacent to an activating group) is 2. The predicted molar refractivity (Wildman–Crippen MR) is 172 cm³/mol. The molecule has 0 fully saturated rings. The lowest BCUT2D eigenvalue weighted by molar-refractivity contribution is -0.132. The van der Waals surface area contributed by atoms with E-state index in [-0.39, 0.29) is 23.3 Å². The van der Waals surface area contributed by atoms with Crippen LogP contribution in [-0.2, 0) is 9.59 Å². The zero-order valence-corrected chi connectivity index (χ0v) is 25.5. The molecule has 13 nitrogen and oxygen atoms in total. The minimum atomic E-state index is -0.734. The molecule has 0 bridgehead atoms. The molecule has 44 heavy (non-hydrogen) atoms. The Morgan fingerprint density at radius 2 is 1.66 bits per heavy atom. The molecule has 2 aromatic carbocycles. The number of nitrogens with two attached hydrogens (primary N) is 1. The van der Waals surface area contributed by atoms with Crippen LogP contribution in [0.5, 0.6) is 0 Å². The van der Waals surface area contributed by atoms with Crippen LogP contribution < -0.4 is 27.0 Å². The molecule has 3 aromatic rings. The van der Waals surface area contributed by atoms with Gasteiger partial charge in [0.2, 0.25) is 23.7 Å². The van der Waals surface area contributed by atoms with Gasteiger partial charge in [-0.15, -0.1) is 0 Å². The maximum atomic E-state index is 13.3. The van der Waals surface area contributed by atoms with Gasteiger partial charge in [0.25, 0.3) is 5.91 Å². The number of amides is 4. The number of hydrogen-bond donors (Lipinski definition) is 5. The number of carbonyl (C=O) groups excluding carboxylic acids is 4. The summed E-state index contributed by atoms with van der Waals surface area (Å²) in [5, 5.41) is 11.8. The highest BCUT2D eigenvalue weighted by Gasteiger charge is 2.21. The minimum Gasteiger partial charge on any atom is -0.369 e. The van der Waals surface area contributed by atoms with Gasteiger partial charge in [-0.25, -0.2) is 4.98 Å². The van der Waals surface area contributed by atoms with Crippen LogP contribution in [0.1, 0.15) is 41.0 Å². The third-order valence-corrected chi connectivity index (χ3v) is 6.43. The Kier molecular flexibility index (Phi) is 11.9. The van der Waals surface area contributed by atoms with Crippen molar-refractivity contribution in [1.29, 1.82) is 0 Å². The Balaban J connectivity index is 1.69. The fraction of sp³-hybridized carbons (Fsp3) is 0.290. The van der Waals surface area contributed by atoms with E-state index in [0.29, 0.717) is 41.5 Å². The van der Waals surface area contributed by atoms with Gasteiger partial charge in [-0.3, -0.25) is 19.2 Å². The normalized spacial score (nSPS) is 11.6. The third-order valence-electron chi connectivity index (χ3n) is 6.43. The number of primary amides is 1. The molecule has 4 amide bonds. The monoisotopic (exact) mass is 601 g/mol. The molecular formula is C31H39N9O4. The quantitative estimate of drug-likeness (QED) is 0.174. The summed E-state index contributed by atoms with van der Waals surface area (Å²) in [5.74, 6) is -1.05. The second-order valence-electron chi connectivity index (χ2n) is 10.3. The number of carbonyl (C=O) groups is 4. The smallest absolute Gasteiger partial charge is 0.260 e. The van der Waals surface area contributed by atoms with E-state index in [1.54, 1.807) is 68.6 Å². The molecule has 3 rings (SSSR count). The predicted octanol–water partition coefficient (Wildman–Crippen LogP) is 3.30. The zero-order valence-electron chi connectivity index (χ0n) is 25.5. The molecule has 0 aliphatic heterocycles. The lowest BCUT2D eigenvalue weighted by Crippen LogP contribution is -2.42. The summed E-state index contributed by atoms with van der Waals surface area (Å²) in [6.45, 7) is 4.81. The molecule has 232 valence electrons. The van der Waals surface area contributed by atoms with Gasteiger partial charge in [0.15, 0.2) is 0 Å². The van der Waals surface area contributed by atoms with E-state index < -0.39 is 17.9 Å². The molecule has 13 heteroatoms. The zero-order chi connectivity index (χ0) is 32.2. The van der Waals surface area contributed by atoms with Crippen LogP contribution in [0.25, 0.3) is 0 Å². The minimum absolute atomic E-state index is 0.221. The topological polar surface area (TPSA) is 175 Å². The van der Waals surface area contributed by atoms with Crippen molar-refractivity contribution in [3.8, 4) is 0 Å². The molecule has 0 radical (unpaired) electrons. The maximum absolute atomic E-state index is 13.3. The van der Waals surface area contributed by atoms with Gasteiger partial charge in [-0.05, 0) is 69.9 Å². The van der Waals surface area contributed by atoms with Crippen molar-refractivity contribution < 1.29 is 19.2 Å². The fourth-order valence-corrected chi connectivity index (χ4v) is 3.80. The number of aromatic nitrogens is 2. The highest BCUT2D eigenvalue weighted by Crippen LogP contribution is 2.21. The number of rotatable bonds is 14. The standard InChI is InChI=1S/C31H39N9O4/c1-6-16-33-28-25(19-34-31(38-28)37-22-14-12-21(13-15-22)27(32)42)30(44)36-24-10-7-9-23(18-24)35-29(43)20(2)40(5)26(41)11-8-17-39(3)4/h7-15,18-20H,6,16-17H2,1-5H3,(H2,32,42)(H,35,43)(H,36,44)(H2,33,34,37,38)/b11-8+/t20-/m0/s1. The first-order valence-electron chi connectivity index (χ1n) is 14.1. The molecule has 0 unspecified atom stereocenters. The Morgan fingerprint density at radius 1 is 0.977 bits per heavy atom. The molecule has 6 N–H and O–H groups in total. The van der Waals surface area contributed by atoms with Crippen molar-refractivity contribution >= 4 is 52.5 Å². The van der Waals surface area contributed by atoms with E-state index in [4.69, 9.17) is 5.73 Å². The van der Waals surface area contributed by atoms with E-state index >= 15 is 0 Å². The summed E-state index contributed by atoms with van der Waals surface area (Å²) in [5.41, 5.74) is 7.42. The first-order chi connectivity index (χ1) is 21.0. The third kappa shape index (κ3) is 9.63. The average Bonchev–Trinajstić information content (AvgIpc) is 2.99. The molecule has 0 aliphatic rings. The highest BCUT2D eigenvalue weighted by molar-refractivity contribution is 6.08. The van der Waals surface area contributed by atoms with Crippen LogP contribution in [0.4, 0.5) is 28.8 Å². The lowest BCUT2D eigenvalue weighted by atomic mass is 10.2. The summed E-state index contributed by atoms with van der Waals surface area (Å²) in [6.07, 6.45) is 5.39. The van der Waals surface area contributed by atoms with Gasteiger partial charge in [-0.2, -0.15) is 4.98 Å². The SMILES string of the molecule is CCCNc1nc(Nc2ccc(C(N)=O)cc2)ncc1C(=O)Nc1cccc(NC(=O)[C@H](C)N(C)C(=O)/C=C/CN(C)C)c1. The van der Waals surface area contributed by atoms with Crippen LogP contribution >= 0.6 is 0 Å². The summed E-state index contributed by atoms with van der Waals surface area (Å²) < 4.78 is 0. The van der Waals surface area contributed by atoms with E-state index in [0.717, 1.165) is 6.42 Å². The van der Waals surface area contributed by atoms with Gasteiger partial charge in [0, 0.05) is 55.0 Å². The second kappa shape index (κ2) is 15.8. The molecule has 1 aromatic heterocycles.